The highest BCUT2D eigenvalue weighted by Gasteiger charge is 1.98. The molecule has 0 fully saturated rings. The maximum Gasteiger partial charge on any atom is 0.264 e. The summed E-state index contributed by atoms with van der Waals surface area (Å²) >= 11 is 0. The van der Waals surface area contributed by atoms with Crippen molar-refractivity contribution in [1.82, 2.24) is 0 Å². The Hall–Kier alpha value is -0.350. The quantitative estimate of drug-likeness (QED) is 0.365. The number of unbranched alkanes of at least 4 members (excludes halogenated alkanes) is 1. The number of allylic oxidation sites excluding steroid dienone is 2. The molecule has 0 radical (unpaired) electrons. The van der Waals surface area contributed by atoms with E-state index in [2.05, 4.69) is 17.2 Å². The van der Waals surface area contributed by atoms with E-state index in [0.29, 0.717) is 0 Å². The summed E-state index contributed by atoms with van der Waals surface area (Å²) in [7, 11) is -3.24. The fourth-order valence-electron chi connectivity index (χ4n) is 0.696. The van der Waals surface area contributed by atoms with Crippen LogP contribution in [0.15, 0.2) is 12.2 Å². The van der Waals surface area contributed by atoms with Gasteiger partial charge < -0.3 is 0 Å². The smallest absolute Gasteiger partial charge is 0.264 e. The van der Waals surface area contributed by atoms with Gasteiger partial charge in [-0.25, -0.2) is 0 Å². The molecule has 0 spiro atoms. The second kappa shape index (κ2) is 6.20. The Morgan fingerprint density at radius 2 is 2.00 bits per heavy atom. The molecule has 0 saturated heterocycles. The molecule has 0 rings (SSSR count). The Balaban J connectivity index is 3.28. The van der Waals surface area contributed by atoms with Crippen LogP contribution in [0.1, 0.15) is 26.2 Å². The maximum absolute atomic E-state index is 10.5. The van der Waals surface area contributed by atoms with Crippen LogP contribution in [0.25, 0.3) is 0 Å². The Bertz CT molecular complexity index is 216. The Morgan fingerprint density at radius 1 is 1.33 bits per heavy atom. The van der Waals surface area contributed by atoms with E-state index in [1.165, 1.54) is 0 Å². The van der Waals surface area contributed by atoms with Crippen LogP contribution in [0, 0.1) is 0 Å². The normalized spacial score (nSPS) is 12.5. The van der Waals surface area contributed by atoms with Crippen molar-refractivity contribution in [3.63, 3.8) is 0 Å². The lowest BCUT2D eigenvalue weighted by Gasteiger charge is -1.97. The molecule has 0 aromatic heterocycles. The molecule has 4 heteroatoms. The van der Waals surface area contributed by atoms with Crippen LogP contribution in [-0.4, -0.2) is 21.3 Å². The zero-order valence-corrected chi connectivity index (χ0v) is 8.43. The SMILES string of the molecule is CC/C=C\CCCOS(C)(=O)=O. The van der Waals surface area contributed by atoms with Gasteiger partial charge in [-0.3, -0.25) is 4.18 Å². The van der Waals surface area contributed by atoms with E-state index >= 15 is 0 Å². The third kappa shape index (κ3) is 9.65. The Labute approximate surface area is 74.6 Å². The molecule has 0 amide bonds. The first-order valence-corrected chi connectivity index (χ1v) is 5.87. The summed E-state index contributed by atoms with van der Waals surface area (Å²) in [5.74, 6) is 0. The van der Waals surface area contributed by atoms with Gasteiger partial charge in [-0.05, 0) is 19.3 Å². The van der Waals surface area contributed by atoms with Crippen molar-refractivity contribution in [2.75, 3.05) is 12.9 Å². The summed E-state index contributed by atoms with van der Waals surface area (Å²) in [5, 5.41) is 0. The van der Waals surface area contributed by atoms with E-state index in [4.69, 9.17) is 0 Å². The molecule has 0 aliphatic carbocycles. The second-order valence-electron chi connectivity index (χ2n) is 2.55. The summed E-state index contributed by atoms with van der Waals surface area (Å²) in [6.07, 6.45) is 7.81. The summed E-state index contributed by atoms with van der Waals surface area (Å²) in [5.41, 5.74) is 0. The van der Waals surface area contributed by atoms with Crippen molar-refractivity contribution in [2.45, 2.75) is 26.2 Å². The predicted octanol–water partition coefficient (Wildman–Crippen LogP) is 1.71. The van der Waals surface area contributed by atoms with Crippen LogP contribution in [0.5, 0.6) is 0 Å². The third-order valence-electron chi connectivity index (χ3n) is 1.21. The van der Waals surface area contributed by atoms with Crippen LogP contribution in [0.4, 0.5) is 0 Å². The van der Waals surface area contributed by atoms with Gasteiger partial charge in [0, 0.05) is 0 Å². The van der Waals surface area contributed by atoms with Gasteiger partial charge in [-0.2, -0.15) is 8.42 Å². The van der Waals surface area contributed by atoms with Crippen LogP contribution in [-0.2, 0) is 14.3 Å². The number of rotatable bonds is 6. The zero-order valence-electron chi connectivity index (χ0n) is 7.62. The van der Waals surface area contributed by atoms with E-state index in [-0.39, 0.29) is 6.61 Å². The van der Waals surface area contributed by atoms with Gasteiger partial charge in [0.2, 0.25) is 0 Å². The molecule has 0 bridgehead atoms. The van der Waals surface area contributed by atoms with Gasteiger partial charge in [0.15, 0.2) is 0 Å². The van der Waals surface area contributed by atoms with E-state index in [9.17, 15) is 8.42 Å². The highest BCUT2D eigenvalue weighted by Crippen LogP contribution is 1.95. The minimum Gasteiger partial charge on any atom is -0.270 e. The molecule has 3 nitrogen and oxygen atoms in total. The molecule has 0 aromatic carbocycles. The fraction of sp³-hybridized carbons (Fsp3) is 0.750. The maximum atomic E-state index is 10.5. The molecule has 0 aromatic rings. The van der Waals surface area contributed by atoms with Crippen LogP contribution >= 0.6 is 0 Å². The van der Waals surface area contributed by atoms with Crippen molar-refractivity contribution in [2.24, 2.45) is 0 Å². The topological polar surface area (TPSA) is 43.4 Å². The van der Waals surface area contributed by atoms with Gasteiger partial charge in [0.1, 0.15) is 0 Å². The lowest BCUT2D eigenvalue weighted by atomic mass is 10.3. The molecular weight excluding hydrogens is 176 g/mol. The molecule has 0 aliphatic heterocycles. The van der Waals surface area contributed by atoms with Gasteiger partial charge >= 0.3 is 0 Å². The zero-order chi connectivity index (χ0) is 9.45. The van der Waals surface area contributed by atoms with Crippen molar-refractivity contribution in [1.29, 1.82) is 0 Å². The molecule has 0 atom stereocenters. The number of hydrogen-bond acceptors (Lipinski definition) is 3. The highest BCUT2D eigenvalue weighted by atomic mass is 32.2. The molecule has 0 N–H and O–H groups in total. The monoisotopic (exact) mass is 192 g/mol. The molecular formula is C8H16O3S. The van der Waals surface area contributed by atoms with Crippen molar-refractivity contribution in [3.8, 4) is 0 Å². The first kappa shape index (κ1) is 11.6. The van der Waals surface area contributed by atoms with Crippen molar-refractivity contribution >= 4 is 10.1 Å². The van der Waals surface area contributed by atoms with Crippen LogP contribution < -0.4 is 0 Å². The first-order chi connectivity index (χ1) is 5.56. The fourth-order valence-corrected chi connectivity index (χ4v) is 1.12. The Morgan fingerprint density at radius 3 is 2.50 bits per heavy atom. The number of hydrogen-bond donors (Lipinski definition) is 0. The van der Waals surface area contributed by atoms with Crippen molar-refractivity contribution < 1.29 is 12.6 Å². The molecule has 72 valence electrons. The molecule has 0 unspecified atom stereocenters. The summed E-state index contributed by atoms with van der Waals surface area (Å²) < 4.78 is 25.5. The van der Waals surface area contributed by atoms with Gasteiger partial charge in [0.25, 0.3) is 10.1 Å². The summed E-state index contributed by atoms with van der Waals surface area (Å²) in [6, 6.07) is 0. The van der Waals surface area contributed by atoms with Gasteiger partial charge in [0.05, 0.1) is 12.9 Å². The van der Waals surface area contributed by atoms with Crippen LogP contribution in [0.2, 0.25) is 0 Å². The molecule has 0 aliphatic rings. The second-order valence-corrected chi connectivity index (χ2v) is 4.19. The minimum atomic E-state index is -3.24. The van der Waals surface area contributed by atoms with Gasteiger partial charge in [-0.1, -0.05) is 19.1 Å². The predicted molar refractivity (Wildman–Crippen MR) is 49.5 cm³/mol. The lowest BCUT2D eigenvalue weighted by molar-refractivity contribution is 0.317. The van der Waals surface area contributed by atoms with E-state index in [1.54, 1.807) is 0 Å². The average Bonchev–Trinajstić information content (AvgIpc) is 1.94. The van der Waals surface area contributed by atoms with E-state index in [1.807, 2.05) is 6.08 Å². The molecule has 0 saturated carbocycles. The molecule has 0 heterocycles. The first-order valence-electron chi connectivity index (χ1n) is 4.05. The Kier molecular flexibility index (Phi) is 6.02. The summed E-state index contributed by atoms with van der Waals surface area (Å²) in [6.45, 7) is 2.34. The largest absolute Gasteiger partial charge is 0.270 e. The average molecular weight is 192 g/mol. The minimum absolute atomic E-state index is 0.285. The van der Waals surface area contributed by atoms with Crippen LogP contribution in [0.3, 0.4) is 0 Å². The third-order valence-corrected chi connectivity index (χ3v) is 1.81. The van der Waals surface area contributed by atoms with E-state index in [0.717, 1.165) is 25.5 Å². The van der Waals surface area contributed by atoms with E-state index < -0.39 is 10.1 Å². The molecule has 12 heavy (non-hydrogen) atoms. The van der Waals surface area contributed by atoms with Gasteiger partial charge in [-0.15, -0.1) is 0 Å². The highest BCUT2D eigenvalue weighted by molar-refractivity contribution is 7.85. The van der Waals surface area contributed by atoms with Crippen molar-refractivity contribution in [3.05, 3.63) is 12.2 Å². The lowest BCUT2D eigenvalue weighted by Crippen LogP contribution is -2.03. The standard InChI is InChI=1S/C8H16O3S/c1-3-4-5-6-7-8-11-12(2,9)10/h4-5H,3,6-8H2,1-2H3/b5-4-. The summed E-state index contributed by atoms with van der Waals surface area (Å²) in [4.78, 5) is 0.